The zero-order chi connectivity index (χ0) is 79.2. The molecule has 13 amide bonds. The molecule has 584 valence electrons. The predicted octanol–water partition coefficient (Wildman–Crippen LogP) is 1.48. The van der Waals surface area contributed by atoms with Gasteiger partial charge in [-0.3, -0.25) is 62.7 Å². The van der Waals surface area contributed by atoms with Crippen LogP contribution in [0.5, 0.6) is 5.75 Å². The minimum atomic E-state index is -1.94. The molecule has 1 saturated heterocycles. The van der Waals surface area contributed by atoms with Crippen molar-refractivity contribution in [3.63, 3.8) is 0 Å². The number of aliphatic imine (C=N–C) groups is 1. The molecule has 5 aromatic rings. The third-order valence-corrected chi connectivity index (χ3v) is 20.1. The molecule has 1 aliphatic rings. The summed E-state index contributed by atoms with van der Waals surface area (Å²) in [5.74, 6) is -9.05. The number of unbranched alkanes of at least 4 members (excludes halogenated alkanes) is 2. The number of aliphatic hydroxyl groups excluding tert-OH is 1. The zero-order valence-electron chi connectivity index (χ0n) is 61.9. The number of urea groups is 1. The van der Waals surface area contributed by atoms with Gasteiger partial charge in [-0.15, -0.1) is 0 Å². The van der Waals surface area contributed by atoms with Crippen LogP contribution in [0.25, 0.3) is 10.8 Å². The van der Waals surface area contributed by atoms with E-state index in [0.717, 1.165) is 15.7 Å². The first-order valence-electron chi connectivity index (χ1n) is 36.2. The molecular formula is C75H104ClN17O14Si. The minimum Gasteiger partial charge on any atom is -0.508 e. The average molecular weight is 1530 g/mol. The lowest BCUT2D eigenvalue weighted by atomic mass is 9.99. The van der Waals surface area contributed by atoms with Gasteiger partial charge >= 0.3 is 6.03 Å². The number of aliphatic hydroxyl groups is 1. The molecule has 1 aliphatic heterocycles. The first kappa shape index (κ1) is 86.2. The summed E-state index contributed by atoms with van der Waals surface area (Å²) in [6.07, 6.45) is 4.29. The van der Waals surface area contributed by atoms with E-state index in [2.05, 4.69) is 57.8 Å². The van der Waals surface area contributed by atoms with Crippen LogP contribution in [0.1, 0.15) is 100 Å². The molecule has 2 heterocycles. The molecule has 6 rings (SSSR count). The van der Waals surface area contributed by atoms with Crippen LogP contribution in [-0.4, -0.2) is 204 Å². The highest BCUT2D eigenvalue weighted by Gasteiger charge is 2.42. The van der Waals surface area contributed by atoms with Crippen molar-refractivity contribution < 1.29 is 67.7 Å². The van der Waals surface area contributed by atoms with Crippen LogP contribution in [-0.2, 0) is 78.4 Å². The second-order valence-corrected chi connectivity index (χ2v) is 34.2. The monoisotopic (exact) mass is 1530 g/mol. The van der Waals surface area contributed by atoms with Gasteiger partial charge in [0.2, 0.25) is 65.0 Å². The molecule has 19 N–H and O–H groups in total. The van der Waals surface area contributed by atoms with Gasteiger partial charge in [0, 0.05) is 84.8 Å². The van der Waals surface area contributed by atoms with Crippen LogP contribution < -0.4 is 70.8 Å². The van der Waals surface area contributed by atoms with Crippen molar-refractivity contribution in [1.29, 1.82) is 0 Å². The second kappa shape index (κ2) is 42.6. The SMILES string of the molecule is CCCC[C@H](NC(=O)[C@@H](CCCCNC(N)=O)NC(=O)[C@H](Cc1ccc(O)cc1)N(C)C(=O)[C@H](CO)NC(=O)[C@@H](Cc1cccnc1)NC(=O)[C@@H](Cc1ccc(Cl)cc1)NC(=O)[C@@H](Cc1ccc2ccccc2c1)NC(C)=O)C(=O)N[C@@H](CCCN=C(N)N)C(=O)N1CCC[C@H]1C(=O)N[C@H](C[Si](C)(C)C)C(N)=O. The molecule has 1 aromatic heterocycles. The molecule has 33 heteroatoms. The van der Waals surface area contributed by atoms with Crippen LogP contribution in [0.2, 0.25) is 30.7 Å². The maximum Gasteiger partial charge on any atom is 0.312 e. The number of likely N-dealkylation sites (N-methyl/N-ethyl adjacent to an activating group) is 1. The number of pyridine rings is 1. The van der Waals surface area contributed by atoms with E-state index in [0.29, 0.717) is 52.6 Å². The van der Waals surface area contributed by atoms with Gasteiger partial charge < -0.3 is 90.8 Å². The minimum absolute atomic E-state index is 0.0264. The maximum absolute atomic E-state index is 15.2. The van der Waals surface area contributed by atoms with E-state index in [1.54, 1.807) is 36.4 Å². The van der Waals surface area contributed by atoms with Crippen molar-refractivity contribution in [2.75, 3.05) is 33.3 Å². The molecule has 0 unspecified atom stereocenters. The number of amides is 13. The highest BCUT2D eigenvalue weighted by molar-refractivity contribution is 6.76. The number of guanidine groups is 1. The van der Waals surface area contributed by atoms with E-state index in [-0.39, 0.29) is 102 Å². The Labute approximate surface area is 634 Å². The molecule has 108 heavy (non-hydrogen) atoms. The third-order valence-electron chi connectivity index (χ3n) is 18.2. The lowest BCUT2D eigenvalue weighted by Crippen LogP contribution is -2.61. The van der Waals surface area contributed by atoms with E-state index in [1.165, 1.54) is 55.5 Å². The molecule has 0 bridgehead atoms. The summed E-state index contributed by atoms with van der Waals surface area (Å²) in [5.41, 5.74) is 24.4. The van der Waals surface area contributed by atoms with E-state index in [4.69, 9.17) is 34.5 Å². The number of nitrogens with two attached hydrogens (primary N) is 4. The number of carbonyl (C=O) groups is 12. The molecule has 31 nitrogen and oxygen atoms in total. The Kier molecular flexibility index (Phi) is 34.0. The molecule has 0 aliphatic carbocycles. The van der Waals surface area contributed by atoms with Gasteiger partial charge in [0.25, 0.3) is 0 Å². The molecule has 0 spiro atoms. The molecule has 4 aromatic carbocycles. The number of rotatable bonds is 42. The highest BCUT2D eigenvalue weighted by atomic mass is 35.5. The number of phenolic OH excluding ortho intramolecular Hbond substituents is 1. The van der Waals surface area contributed by atoms with E-state index >= 15 is 9.59 Å². The fraction of sp³-hybridized carbons (Fsp3) is 0.467. The number of halogens is 1. The number of aromatic nitrogens is 1. The number of phenols is 1. The summed E-state index contributed by atoms with van der Waals surface area (Å²) in [4.78, 5) is 180. The standard InChI is InChI=1S/C75H104ClN17O14Si/c1-7-8-19-54(66(99)87-56(21-14-35-82-74(78)79)73(106)93-36-15-22-62(93)70(103)91-61(64(77)97)44-108(4,5)6)85-65(98)55(20-11-12-34-83-75(80)107)86-71(104)63(41-47-26-31-53(96)32-27-47)92(3)72(105)60(43-94)90-69(102)59(40-49-16-13-33-81-42-49)89-68(101)58(38-46-24-29-52(76)30-25-46)88-67(100)57(84-45(2)95)39-48-23-28-50-17-9-10-18-51(50)37-48/h9-10,13,16-18,23-33,37,42,54-63,94,96H,7-8,11-12,14-15,19-22,34-36,38-41,43-44H2,1-6H3,(H2,77,97)(H,84,95)(H,85,98)(H,86,104)(H,87,99)(H,88,100)(H,89,101)(H,90,102)(H,91,103)(H4,78,79,82)(H3,80,83,107)/t54-,55+,56-,57+,58+,59+,60-,61+,62-,63-/m0/s1. The van der Waals surface area contributed by atoms with Crippen LogP contribution >= 0.6 is 11.6 Å². The fourth-order valence-corrected chi connectivity index (χ4v) is 14.2. The number of hydrogen-bond acceptors (Lipinski definition) is 16. The smallest absolute Gasteiger partial charge is 0.312 e. The number of fused-ring (bicyclic) bond motifs is 1. The predicted molar refractivity (Wildman–Crippen MR) is 410 cm³/mol. The average Bonchev–Trinajstić information content (AvgIpc) is 1.49. The van der Waals surface area contributed by atoms with Gasteiger partial charge in [-0.1, -0.05) is 124 Å². The van der Waals surface area contributed by atoms with Crippen LogP contribution in [0.15, 0.2) is 121 Å². The Morgan fingerprint density at radius 2 is 1.14 bits per heavy atom. The Bertz CT molecular complexity index is 3940. The van der Waals surface area contributed by atoms with Crippen molar-refractivity contribution in [2.24, 2.45) is 27.9 Å². The molecule has 10 atom stereocenters. The van der Waals surface area contributed by atoms with Crippen LogP contribution in [0.4, 0.5) is 4.79 Å². The largest absolute Gasteiger partial charge is 0.508 e. The molecule has 0 saturated carbocycles. The number of hydrogen-bond donors (Lipinski definition) is 15. The number of benzene rings is 4. The molecular weight excluding hydrogens is 1430 g/mol. The topological polar surface area (TPSA) is 489 Å². The van der Waals surface area contributed by atoms with Gasteiger partial charge in [-0.25, -0.2) is 4.79 Å². The lowest BCUT2D eigenvalue weighted by Gasteiger charge is -2.33. The van der Waals surface area contributed by atoms with E-state index in [9.17, 15) is 58.2 Å². The zero-order valence-corrected chi connectivity index (χ0v) is 63.7. The first-order valence-corrected chi connectivity index (χ1v) is 40.3. The second-order valence-electron chi connectivity index (χ2n) is 28.2. The number of primary amides is 2. The number of carbonyl (C=O) groups excluding carboxylic acids is 12. The van der Waals surface area contributed by atoms with Crippen molar-refractivity contribution in [3.05, 3.63) is 143 Å². The third kappa shape index (κ3) is 28.2. The van der Waals surface area contributed by atoms with Gasteiger partial charge in [-0.05, 0) is 121 Å². The normalized spacial score (nSPS) is 15.1. The Hall–Kier alpha value is -10.7. The summed E-state index contributed by atoms with van der Waals surface area (Å²) >= 11 is 6.25. The fourth-order valence-electron chi connectivity index (χ4n) is 12.6. The first-order chi connectivity index (χ1) is 51.3. The van der Waals surface area contributed by atoms with Crippen molar-refractivity contribution >= 4 is 107 Å². The Morgan fingerprint density at radius 1 is 0.602 bits per heavy atom. The van der Waals surface area contributed by atoms with Crippen LogP contribution in [0.3, 0.4) is 0 Å². The summed E-state index contributed by atoms with van der Waals surface area (Å²) in [7, 11) is -0.718. The summed E-state index contributed by atoms with van der Waals surface area (Å²) < 4.78 is 0. The Balaban J connectivity index is 1.28. The van der Waals surface area contributed by atoms with Gasteiger partial charge in [0.05, 0.1) is 6.61 Å². The molecule has 0 radical (unpaired) electrons. The summed E-state index contributed by atoms with van der Waals surface area (Å²) in [6, 6.07) is 14.4. The molecule has 1 fully saturated rings. The van der Waals surface area contributed by atoms with E-state index < -0.39 is 146 Å². The number of nitrogens with zero attached hydrogens (tertiary/aromatic N) is 4. The number of likely N-dealkylation sites (tertiary alicyclic amines) is 1. The van der Waals surface area contributed by atoms with Crippen molar-refractivity contribution in [1.82, 2.24) is 62.6 Å². The summed E-state index contributed by atoms with van der Waals surface area (Å²) in [5, 5.41) is 48.0. The van der Waals surface area contributed by atoms with Gasteiger partial charge in [0.1, 0.15) is 66.2 Å². The lowest BCUT2D eigenvalue weighted by molar-refractivity contribution is -0.144. The Morgan fingerprint density at radius 3 is 1.72 bits per heavy atom. The highest BCUT2D eigenvalue weighted by Crippen LogP contribution is 2.24. The van der Waals surface area contributed by atoms with Crippen molar-refractivity contribution in [2.45, 2.75) is 190 Å². The quantitative estimate of drug-likeness (QED) is 0.0114. The maximum atomic E-state index is 15.2. The van der Waals surface area contributed by atoms with Crippen molar-refractivity contribution in [3.8, 4) is 5.75 Å². The van der Waals surface area contributed by atoms with Crippen LogP contribution in [0, 0.1) is 0 Å². The summed E-state index contributed by atoms with van der Waals surface area (Å²) in [6.45, 7) is 8.35. The number of aromatic hydroxyl groups is 1. The van der Waals surface area contributed by atoms with Gasteiger partial charge in [0.15, 0.2) is 5.96 Å². The number of nitrogens with one attached hydrogen (secondary N) is 9. The van der Waals surface area contributed by atoms with E-state index in [1.807, 2.05) is 69.0 Å². The van der Waals surface area contributed by atoms with Gasteiger partial charge in [-0.2, -0.15) is 0 Å².